The molecule has 3 aliphatic carbocycles. The van der Waals surface area contributed by atoms with Crippen molar-refractivity contribution in [1.29, 1.82) is 0 Å². The lowest BCUT2D eigenvalue weighted by atomic mass is 9.85. The molecule has 105 heavy (non-hydrogen) atoms. The van der Waals surface area contributed by atoms with E-state index in [9.17, 15) is 46.5 Å². The largest absolute Gasteiger partial charge is 0.424 e. The summed E-state index contributed by atoms with van der Waals surface area (Å²) in [5, 5.41) is 62.3. The van der Waals surface area contributed by atoms with Gasteiger partial charge in [-0.1, -0.05) is 6.92 Å². The Morgan fingerprint density at radius 2 is 1.16 bits per heavy atom. The van der Waals surface area contributed by atoms with E-state index in [0.717, 1.165) is 131 Å². The number of nitrogens with one attached hydrogen (secondary N) is 2. The number of hydrogen-bond donors (Lipinski definition) is 5. The zero-order valence-corrected chi connectivity index (χ0v) is 59.6. The van der Waals surface area contributed by atoms with E-state index in [1.54, 1.807) is 65.0 Å². The van der Waals surface area contributed by atoms with Gasteiger partial charge in [-0.15, -0.1) is 20.4 Å². The standard InChI is InChI=1S/C26H31F3N6O3.C25H32FN7O3.C22H27F2N5O2/c1-16(12-26(27,28)29)32-25-31-15-23-21(11-22(35(23)33-25)17-2-4-20(36)5-3-17)18-10-19(14-30-13-18)24(37)34-6-8-38-9-7-34;1-15(14-35-16(2)26)8-24-27-11-23-21(9-22(33(23)31-24)18-4-6-20(34)7-5-18)19-10-28-32(12-19)13-25-30-29-17(3)36-25;1-13-9-16(7-8-25-13)18-10-19(15-3-5-17(30)6-4-15)29-20(18)11-26-22(28-29)27-14(2)12-31-21(23)24/h10-11,13-17,20,36H,2-9,12H2,1H3,(H,32,33);9-12,15-16,18,20,34H,4-8,13-14H2,1-3H3;7-11,14-15,17,21,30H,3-6,12H2,1-2H3,(H,27,28)/t16-,17?,20?;15-,16?,18?,20?;14-,15?,17?/m010/s1. The number of fused-ring (bicyclic) bond motifs is 3. The Morgan fingerprint density at radius 1 is 0.619 bits per heavy atom. The number of hydrogen-bond acceptors (Lipinski definition) is 21. The molecule has 10 aromatic heterocycles. The molecule has 1 saturated heterocycles. The number of nitrogens with zero attached hydrogens (tertiary/aromatic N) is 16. The number of aromatic nitrogens is 15. The Balaban J connectivity index is 0.000000149. The van der Waals surface area contributed by atoms with Crippen LogP contribution in [0.3, 0.4) is 0 Å². The molecule has 11 heterocycles. The number of carbonyl (C=O) groups is 1. The van der Waals surface area contributed by atoms with Gasteiger partial charge in [0.15, 0.2) is 6.36 Å². The molecule has 0 radical (unpaired) electrons. The summed E-state index contributed by atoms with van der Waals surface area (Å²) in [7, 11) is 0. The molecule has 1 amide bonds. The molecule has 4 aliphatic rings. The molecular weight excluding hydrogens is 1370 g/mol. The predicted octanol–water partition coefficient (Wildman–Crippen LogP) is 12.1. The molecule has 4 fully saturated rings. The first kappa shape index (κ1) is 75.6. The molecule has 0 aromatic carbocycles. The van der Waals surface area contributed by atoms with E-state index in [0.29, 0.717) is 99.3 Å². The van der Waals surface area contributed by atoms with Gasteiger partial charge in [0.1, 0.15) is 12.4 Å². The Hall–Kier alpha value is -9.08. The number of alkyl halides is 6. The van der Waals surface area contributed by atoms with Crippen LogP contribution in [0.4, 0.5) is 38.2 Å². The van der Waals surface area contributed by atoms with Crippen molar-refractivity contribution in [1.82, 2.24) is 78.6 Å². The molecule has 0 bridgehead atoms. The van der Waals surface area contributed by atoms with Crippen LogP contribution in [-0.2, 0) is 27.2 Å². The lowest BCUT2D eigenvalue weighted by molar-refractivity contribution is -0.136. The fourth-order valence-electron chi connectivity index (χ4n) is 14.2. The van der Waals surface area contributed by atoms with Gasteiger partial charge in [-0.25, -0.2) is 32.9 Å². The second-order valence-corrected chi connectivity index (χ2v) is 28.1. The molecular formula is C73H90F6N18O8. The molecule has 3 saturated carbocycles. The van der Waals surface area contributed by atoms with Crippen LogP contribution in [-0.4, -0.2) is 189 Å². The summed E-state index contributed by atoms with van der Waals surface area (Å²) in [6, 6.07) is 10.8. The quantitative estimate of drug-likeness (QED) is 0.0394. The minimum atomic E-state index is -4.30. The number of aliphatic hydroxyl groups is 3. The van der Waals surface area contributed by atoms with Crippen LogP contribution in [0.2, 0.25) is 0 Å². The first-order valence-corrected chi connectivity index (χ1v) is 36.0. The minimum Gasteiger partial charge on any atom is -0.424 e. The van der Waals surface area contributed by atoms with Crippen LogP contribution in [0.15, 0.2) is 90.4 Å². The van der Waals surface area contributed by atoms with Crippen LogP contribution < -0.4 is 10.6 Å². The fourth-order valence-corrected chi connectivity index (χ4v) is 14.2. The van der Waals surface area contributed by atoms with Crippen LogP contribution >= 0.6 is 0 Å². The van der Waals surface area contributed by atoms with E-state index in [2.05, 4.69) is 77.9 Å². The Bertz CT molecular complexity index is 4510. The number of rotatable bonds is 22. The van der Waals surface area contributed by atoms with Gasteiger partial charge in [0, 0.05) is 132 Å². The van der Waals surface area contributed by atoms with E-state index in [1.165, 1.54) is 13.8 Å². The highest BCUT2D eigenvalue weighted by molar-refractivity contribution is 5.96. The van der Waals surface area contributed by atoms with Crippen LogP contribution in [0, 0.1) is 19.8 Å². The second-order valence-electron chi connectivity index (χ2n) is 28.1. The molecule has 32 heteroatoms. The zero-order chi connectivity index (χ0) is 74.1. The molecule has 1 unspecified atom stereocenters. The van der Waals surface area contributed by atoms with Crippen molar-refractivity contribution in [3.05, 3.63) is 132 Å². The molecule has 562 valence electrons. The summed E-state index contributed by atoms with van der Waals surface area (Å²) in [6.07, 6.45) is 16.6. The lowest BCUT2D eigenvalue weighted by Gasteiger charge is -2.26. The summed E-state index contributed by atoms with van der Waals surface area (Å²) in [5.41, 5.74) is 12.4. The number of pyridine rings is 2. The van der Waals surface area contributed by atoms with Crippen molar-refractivity contribution >= 4 is 34.4 Å². The van der Waals surface area contributed by atoms with Crippen LogP contribution in [0.1, 0.15) is 180 Å². The van der Waals surface area contributed by atoms with Gasteiger partial charge < -0.3 is 49.5 Å². The number of amides is 1. The summed E-state index contributed by atoms with van der Waals surface area (Å²) in [4.78, 5) is 36.8. The third kappa shape index (κ3) is 19.5. The maximum absolute atomic E-state index is 13.1. The predicted molar refractivity (Wildman–Crippen MR) is 376 cm³/mol. The molecule has 5 N–H and O–H groups in total. The number of morpholine rings is 1. The van der Waals surface area contributed by atoms with Crippen molar-refractivity contribution in [2.75, 3.05) is 50.2 Å². The molecule has 10 aromatic rings. The monoisotopic (exact) mass is 1460 g/mol. The first-order valence-electron chi connectivity index (χ1n) is 36.0. The Labute approximate surface area is 602 Å². The van der Waals surface area contributed by atoms with Gasteiger partial charge in [-0.05, 0) is 153 Å². The van der Waals surface area contributed by atoms with Crippen molar-refractivity contribution in [2.45, 2.75) is 205 Å². The number of carbonyl (C=O) groups excluding carboxylic acids is 1. The fraction of sp³-hybridized carbons (Fsp3) is 0.534. The van der Waals surface area contributed by atoms with Gasteiger partial charge in [0.2, 0.25) is 23.7 Å². The number of halogens is 6. The van der Waals surface area contributed by atoms with Crippen molar-refractivity contribution in [2.24, 2.45) is 5.92 Å². The van der Waals surface area contributed by atoms with E-state index in [-0.39, 0.29) is 60.6 Å². The van der Waals surface area contributed by atoms with Crippen LogP contribution in [0.5, 0.6) is 0 Å². The van der Waals surface area contributed by atoms with E-state index >= 15 is 0 Å². The van der Waals surface area contributed by atoms with Crippen LogP contribution in [0.25, 0.3) is 49.9 Å². The average molecular weight is 1460 g/mol. The van der Waals surface area contributed by atoms with Gasteiger partial charge >= 0.3 is 12.8 Å². The SMILES string of the molecule is C[C@@H](CC(F)(F)F)Nc1ncc2c(-c3cncc(C(=O)N4CCOCC4)c3)cc(C3CCC(O)CC3)n2n1.Cc1cc(-c2cc(C3CCC(O)CC3)n3nc(N[C@@H](C)COC(F)F)ncc23)ccn1.Cc1nnc(Cn2cc(-c3cc(C4CCC(O)CC4)n4nc(C[C@@H](C)COC(C)F)ncc34)cn2)o1. The highest BCUT2D eigenvalue weighted by Crippen LogP contribution is 2.42. The normalized spacial score (nSPS) is 20.7. The summed E-state index contributed by atoms with van der Waals surface area (Å²) in [6.45, 7) is 10.0. The minimum absolute atomic E-state index is 0.0792. The van der Waals surface area contributed by atoms with E-state index in [1.807, 2.05) is 59.7 Å². The molecule has 26 nitrogen and oxygen atoms in total. The molecule has 4 atom stereocenters. The summed E-state index contributed by atoms with van der Waals surface area (Å²) >= 11 is 0. The highest BCUT2D eigenvalue weighted by atomic mass is 19.4. The molecule has 1 aliphatic heterocycles. The van der Waals surface area contributed by atoms with Gasteiger partial charge in [-0.3, -0.25) is 19.4 Å². The molecule has 0 spiro atoms. The number of anilines is 2. The van der Waals surface area contributed by atoms with Crippen molar-refractivity contribution in [3.8, 4) is 33.4 Å². The maximum Gasteiger partial charge on any atom is 0.391 e. The lowest BCUT2D eigenvalue weighted by Crippen LogP contribution is -2.40. The third-order valence-corrected chi connectivity index (χ3v) is 19.5. The summed E-state index contributed by atoms with van der Waals surface area (Å²) < 4.78 is 104. The average Bonchev–Trinajstić information content (AvgIpc) is 1.63. The number of aryl methyl sites for hydroxylation is 2. The van der Waals surface area contributed by atoms with Gasteiger partial charge in [0.25, 0.3) is 5.91 Å². The van der Waals surface area contributed by atoms with Crippen molar-refractivity contribution < 1.29 is 65.1 Å². The Morgan fingerprint density at radius 3 is 1.70 bits per heavy atom. The highest BCUT2D eigenvalue weighted by Gasteiger charge is 2.33. The van der Waals surface area contributed by atoms with Gasteiger partial charge in [-0.2, -0.15) is 32.1 Å². The zero-order valence-electron chi connectivity index (χ0n) is 59.6. The molecule has 14 rings (SSSR count). The number of ether oxygens (including phenoxy) is 3. The van der Waals surface area contributed by atoms with Gasteiger partial charge in [0.05, 0.1) is 98.1 Å². The summed E-state index contributed by atoms with van der Waals surface area (Å²) in [5.74, 6) is 2.80. The maximum atomic E-state index is 13.1. The Kier molecular flexibility index (Phi) is 24.5. The van der Waals surface area contributed by atoms with Crippen molar-refractivity contribution in [3.63, 3.8) is 0 Å². The van der Waals surface area contributed by atoms with E-state index in [4.69, 9.17) is 19.0 Å². The topological polar surface area (TPSA) is 306 Å². The smallest absolute Gasteiger partial charge is 0.391 e. The van der Waals surface area contributed by atoms with E-state index < -0.39 is 31.6 Å². The number of aliphatic hydroxyl groups excluding tert-OH is 3. The second kappa shape index (κ2) is 34.0. The first-order chi connectivity index (χ1) is 50.4. The third-order valence-electron chi connectivity index (χ3n) is 19.5.